The van der Waals surface area contributed by atoms with Gasteiger partial charge in [0.15, 0.2) is 0 Å². The van der Waals surface area contributed by atoms with Gasteiger partial charge in [0, 0.05) is 34.9 Å². The van der Waals surface area contributed by atoms with E-state index in [2.05, 4.69) is 46.6 Å². The number of fused-ring (bicyclic) bond motifs is 3. The van der Waals surface area contributed by atoms with Crippen LogP contribution < -0.4 is 0 Å². The van der Waals surface area contributed by atoms with Crippen molar-refractivity contribution in [3.05, 3.63) is 133 Å². The molecule has 7 aromatic rings. The summed E-state index contributed by atoms with van der Waals surface area (Å²) in [5.41, 5.74) is 6.90. The zero-order valence-electron chi connectivity index (χ0n) is 20.0. The molecule has 3 aromatic heterocycles. The average Bonchev–Trinajstić information content (AvgIpc) is 3.68. The van der Waals surface area contributed by atoms with Crippen molar-refractivity contribution in [2.75, 3.05) is 0 Å². The van der Waals surface area contributed by atoms with Crippen LogP contribution in [0, 0.1) is 19.1 Å². The molecule has 0 saturated carbocycles. The second kappa shape index (κ2) is 10.8. The number of hydrogen-bond acceptors (Lipinski definition) is 3. The Morgan fingerprint density at radius 3 is 2.14 bits per heavy atom. The molecule has 5 nitrogen and oxygen atoms in total. The molecule has 0 N–H and O–H groups in total. The molecule has 0 spiro atoms. The zero-order valence-corrected chi connectivity index (χ0v) is 21.6. The van der Waals surface area contributed by atoms with Gasteiger partial charge in [-0.2, -0.15) is 58.7 Å². The fourth-order valence-corrected chi connectivity index (χ4v) is 4.22. The second-order valence-corrected chi connectivity index (χ2v) is 8.33. The maximum Gasteiger partial charge on any atom is 2.00 e. The predicted octanol–water partition coefficient (Wildman–Crippen LogP) is 7.22. The van der Waals surface area contributed by atoms with E-state index in [9.17, 15) is 0 Å². The first-order valence-electron chi connectivity index (χ1n) is 11.7. The smallest absolute Gasteiger partial charge is 0.456 e. The van der Waals surface area contributed by atoms with Gasteiger partial charge in [0.25, 0.3) is 0 Å². The Bertz CT molecular complexity index is 1740. The number of aromatic nitrogens is 4. The summed E-state index contributed by atoms with van der Waals surface area (Å²) in [6, 6.07) is 38.2. The summed E-state index contributed by atoms with van der Waals surface area (Å²) in [6.07, 6.45) is 5.69. The van der Waals surface area contributed by atoms with Crippen molar-refractivity contribution < 1.29 is 23.9 Å². The Morgan fingerprint density at radius 2 is 1.43 bits per heavy atom. The quantitative estimate of drug-likeness (QED) is 0.167. The van der Waals surface area contributed by atoms with Crippen LogP contribution >= 0.6 is 0 Å². The van der Waals surface area contributed by atoms with Crippen LogP contribution in [0.4, 0.5) is 0 Å². The Balaban J connectivity index is 0.000000197. The van der Waals surface area contributed by atoms with Crippen LogP contribution in [0.5, 0.6) is 0 Å². The molecule has 6 heteroatoms. The van der Waals surface area contributed by atoms with Gasteiger partial charge in [0.2, 0.25) is 0 Å². The molecule has 7 rings (SSSR count). The fraction of sp³-hybridized carbons (Fsp3) is 0.0323. The molecule has 0 fully saturated rings. The van der Waals surface area contributed by atoms with E-state index in [4.69, 9.17) is 4.42 Å². The average molecular weight is 569 g/mol. The summed E-state index contributed by atoms with van der Waals surface area (Å²) >= 11 is 0. The molecule has 0 bridgehead atoms. The maximum atomic E-state index is 6.01. The molecule has 0 aliphatic carbocycles. The minimum absolute atomic E-state index is 0. The number of nitrogens with zero attached hydrogens (tertiary/aromatic N) is 4. The molecule has 0 aliphatic rings. The fourth-order valence-electron chi connectivity index (χ4n) is 4.22. The van der Waals surface area contributed by atoms with Gasteiger partial charge in [-0.1, -0.05) is 24.3 Å². The number of benzene rings is 4. The third-order valence-corrected chi connectivity index (χ3v) is 5.97. The van der Waals surface area contributed by atoms with Crippen LogP contribution in [0.1, 0.15) is 5.69 Å². The van der Waals surface area contributed by atoms with E-state index >= 15 is 0 Å². The molecule has 0 aliphatic heterocycles. The topological polar surface area (TPSA) is 48.8 Å². The van der Waals surface area contributed by atoms with E-state index in [0.29, 0.717) is 0 Å². The third kappa shape index (κ3) is 5.02. The third-order valence-electron chi connectivity index (χ3n) is 5.97. The largest absolute Gasteiger partial charge is 2.00 e. The van der Waals surface area contributed by atoms with Crippen molar-refractivity contribution in [3.63, 3.8) is 0 Å². The van der Waals surface area contributed by atoms with Gasteiger partial charge in [-0.3, -0.25) is 9.36 Å². The van der Waals surface area contributed by atoms with Crippen LogP contribution in [-0.2, 0) is 19.5 Å². The van der Waals surface area contributed by atoms with Crippen molar-refractivity contribution >= 4 is 21.9 Å². The molecule has 181 valence electrons. The first-order valence-corrected chi connectivity index (χ1v) is 11.7. The minimum atomic E-state index is 0. The standard InChI is InChI=1S/C22H15N2O.C9H7N2.Rh/c1-15-20(14-24(23-15)17-7-3-2-4-8-17)16-11-12-19-18-9-5-6-10-21(18)25-22(19)13-16;1-2-5-9(6-3-1)11-8-4-7-10-11;/h2-7,9-14H,1H3;1-5,7-8H;/q2*-1;+2. The maximum absolute atomic E-state index is 6.01. The summed E-state index contributed by atoms with van der Waals surface area (Å²) in [5.74, 6) is 0. The molecule has 3 heterocycles. The van der Waals surface area contributed by atoms with Crippen molar-refractivity contribution in [1.29, 1.82) is 0 Å². The first-order chi connectivity index (χ1) is 17.8. The van der Waals surface area contributed by atoms with Crippen molar-refractivity contribution in [1.82, 2.24) is 19.6 Å². The van der Waals surface area contributed by atoms with Crippen LogP contribution in [0.25, 0.3) is 44.4 Å². The minimum Gasteiger partial charge on any atom is -0.456 e. The van der Waals surface area contributed by atoms with E-state index in [1.165, 1.54) is 0 Å². The zero-order chi connectivity index (χ0) is 24.3. The van der Waals surface area contributed by atoms with E-state index in [-0.39, 0.29) is 19.5 Å². The number of furan rings is 1. The van der Waals surface area contributed by atoms with Crippen LogP contribution in [0.15, 0.2) is 120 Å². The molecule has 4 aromatic carbocycles. The first kappa shape index (κ1) is 24.4. The number of rotatable bonds is 3. The van der Waals surface area contributed by atoms with Gasteiger partial charge >= 0.3 is 19.5 Å². The number of aryl methyl sites for hydroxylation is 1. The summed E-state index contributed by atoms with van der Waals surface area (Å²) in [6.45, 7) is 2.03. The normalized spacial score (nSPS) is 10.6. The van der Waals surface area contributed by atoms with Crippen molar-refractivity contribution in [2.24, 2.45) is 0 Å². The molecule has 0 atom stereocenters. The second-order valence-electron chi connectivity index (χ2n) is 8.33. The van der Waals surface area contributed by atoms with Gasteiger partial charge in [-0.25, -0.2) is 0 Å². The molecule has 0 saturated heterocycles. The van der Waals surface area contributed by atoms with Gasteiger partial charge in [0.05, 0.1) is 5.69 Å². The molecule has 37 heavy (non-hydrogen) atoms. The van der Waals surface area contributed by atoms with Gasteiger partial charge < -0.3 is 4.42 Å². The Labute approximate surface area is 227 Å². The monoisotopic (exact) mass is 569 g/mol. The van der Waals surface area contributed by atoms with Crippen molar-refractivity contribution in [2.45, 2.75) is 6.92 Å². The molecule has 0 unspecified atom stereocenters. The van der Waals surface area contributed by atoms with Crippen LogP contribution in [0.3, 0.4) is 0 Å². The predicted molar refractivity (Wildman–Crippen MR) is 142 cm³/mol. The van der Waals surface area contributed by atoms with E-state index in [1.807, 2.05) is 96.8 Å². The van der Waals surface area contributed by atoms with Gasteiger partial charge in [-0.05, 0) is 48.1 Å². The van der Waals surface area contributed by atoms with Gasteiger partial charge in [-0.15, -0.1) is 12.1 Å². The summed E-state index contributed by atoms with van der Waals surface area (Å²) in [7, 11) is 0. The van der Waals surface area contributed by atoms with Crippen molar-refractivity contribution in [3.8, 4) is 22.5 Å². The summed E-state index contributed by atoms with van der Waals surface area (Å²) in [5, 5.41) is 11.0. The van der Waals surface area contributed by atoms with Gasteiger partial charge in [0.1, 0.15) is 11.2 Å². The molecular weight excluding hydrogens is 547 g/mol. The van der Waals surface area contributed by atoms with Crippen LogP contribution in [0.2, 0.25) is 0 Å². The van der Waals surface area contributed by atoms with E-state index in [0.717, 1.165) is 50.1 Å². The Morgan fingerprint density at radius 1 is 0.730 bits per heavy atom. The van der Waals surface area contributed by atoms with E-state index < -0.39 is 0 Å². The van der Waals surface area contributed by atoms with Crippen LogP contribution in [-0.4, -0.2) is 19.6 Å². The molecule has 1 radical (unpaired) electrons. The Kier molecular flexibility index (Phi) is 7.11. The molecular formula is C31H22N4ORh. The SMILES string of the molecule is Cc1nn(-c2[c-]cccc2)cc1-c1ccc2c(c1)oc1ccccc12.[Rh+2].[c-]1ccccc1-n1cccn1. The summed E-state index contributed by atoms with van der Waals surface area (Å²) < 4.78 is 9.66. The molecule has 0 amide bonds. The van der Waals surface area contributed by atoms with E-state index in [1.54, 1.807) is 10.9 Å². The summed E-state index contributed by atoms with van der Waals surface area (Å²) in [4.78, 5) is 0. The number of hydrogen-bond donors (Lipinski definition) is 0. The number of para-hydroxylation sites is 3. The Hall–Kier alpha value is -4.28.